The second kappa shape index (κ2) is 3.13. The lowest BCUT2D eigenvalue weighted by Gasteiger charge is -1.42. The molecule has 0 rings (SSSR count). The van der Waals surface area contributed by atoms with Crippen molar-refractivity contribution in [2.24, 2.45) is 0 Å². The Balaban J connectivity index is 2.43. The van der Waals surface area contributed by atoms with Crippen molar-refractivity contribution in [1.82, 2.24) is 0 Å². The number of halogens is 1. The van der Waals surface area contributed by atoms with Crippen LogP contribution in [-0.4, -0.2) is 0 Å². The predicted molar refractivity (Wildman–Crippen MR) is 19.1 cm³/mol. The molecule has 0 aliphatic carbocycles. The normalized spacial score (nSPS) is 5.00. The maximum atomic E-state index is 7.46. The van der Waals surface area contributed by atoms with Crippen LogP contribution in [0.4, 0.5) is 0 Å². The summed E-state index contributed by atoms with van der Waals surface area (Å²) < 4.78 is 0. The van der Waals surface area contributed by atoms with Crippen molar-refractivity contribution >= 4 is 21.7 Å². The third-order valence-corrected chi connectivity index (χ3v) is 0.311. The summed E-state index contributed by atoms with van der Waals surface area (Å²) in [6.07, 6.45) is 0. The van der Waals surface area contributed by atoms with E-state index in [0.717, 1.165) is 0 Å². The molecule has 4 heavy (non-hydrogen) atoms. The minimum Gasteiger partial charge on any atom is -0.184 e. The van der Waals surface area contributed by atoms with Gasteiger partial charge in [-0.15, -0.1) is 0 Å². The fourth-order valence-electron chi connectivity index (χ4n) is 0. The third-order valence-electron chi connectivity index (χ3n) is 0.0345. The topological polar surface area (TPSA) is 23.8 Å². The van der Waals surface area contributed by atoms with E-state index in [4.69, 9.17) is 15.9 Å². The van der Waals surface area contributed by atoms with Gasteiger partial charge in [0.1, 0.15) is 5.40 Å². The zero-order valence-corrected chi connectivity index (χ0v) is 3.31. The van der Waals surface area contributed by atoms with E-state index in [1.807, 2.05) is 0 Å². The Labute approximate surface area is 33.1 Å². The molecule has 0 unspecified atom stereocenters. The second-order valence-corrected chi connectivity index (χ2v) is 0.968. The van der Waals surface area contributed by atoms with Gasteiger partial charge in [0, 0.05) is 0 Å². The van der Waals surface area contributed by atoms with Crippen LogP contribution in [0.2, 0.25) is 0 Å². The number of thiocyanates is 1. The monoisotopic (exact) mass is 92.9 g/mol. The van der Waals surface area contributed by atoms with Crippen molar-refractivity contribution < 1.29 is 0 Å². The molecule has 0 heterocycles. The largest absolute Gasteiger partial charge is 0.184 e. The number of hydrogen-bond donors (Lipinski definition) is 0. The minimum atomic E-state index is 0.634. The Hall–Kier alpha value is 0.130. The summed E-state index contributed by atoms with van der Waals surface area (Å²) in [6.45, 7) is 0. The van der Waals surface area contributed by atoms with E-state index in [9.17, 15) is 0 Å². The molecule has 0 N–H and O–H groups in total. The number of nitrogens with zero attached hydrogens (tertiary/aromatic N) is 1. The predicted octanol–water partition coefficient (Wildman–Crippen LogP) is 1.35. The highest BCUT2D eigenvalue weighted by atomic mass is 35.7. The van der Waals surface area contributed by atoms with Gasteiger partial charge in [-0.05, 0) is 10.7 Å². The van der Waals surface area contributed by atoms with Gasteiger partial charge >= 0.3 is 0 Å². The second-order valence-electron chi connectivity index (χ2n) is 0.168. The lowest BCUT2D eigenvalue weighted by Crippen LogP contribution is -1.12. The highest BCUT2D eigenvalue weighted by Gasteiger charge is 1.54. The van der Waals surface area contributed by atoms with Crippen LogP contribution in [0.5, 0.6) is 0 Å². The van der Waals surface area contributed by atoms with Crippen LogP contribution in [-0.2, 0) is 0 Å². The van der Waals surface area contributed by atoms with Crippen molar-refractivity contribution in [2.45, 2.75) is 0 Å². The first-order valence-corrected chi connectivity index (χ1v) is 2.22. The Bertz CT molecular complexity index is 37.8. The molecular weight excluding hydrogens is 93.5 g/mol. The van der Waals surface area contributed by atoms with E-state index in [0.29, 0.717) is 11.0 Å². The fourth-order valence-corrected chi connectivity index (χ4v) is 0. The molecule has 0 radical (unpaired) electrons. The van der Waals surface area contributed by atoms with E-state index in [-0.39, 0.29) is 0 Å². The lowest BCUT2D eigenvalue weighted by atomic mass is 11.8. The van der Waals surface area contributed by atoms with Crippen LogP contribution >= 0.6 is 21.7 Å². The van der Waals surface area contributed by atoms with E-state index in [1.54, 1.807) is 5.40 Å². The molecule has 3 heteroatoms. The van der Waals surface area contributed by atoms with Crippen LogP contribution in [0.1, 0.15) is 0 Å². The van der Waals surface area contributed by atoms with Crippen molar-refractivity contribution in [3.8, 4) is 5.40 Å². The number of hydrogen-bond acceptors (Lipinski definition) is 2. The van der Waals surface area contributed by atoms with Gasteiger partial charge in [-0.25, -0.2) is 0 Å². The van der Waals surface area contributed by atoms with Gasteiger partial charge in [0.15, 0.2) is 0 Å². The summed E-state index contributed by atoms with van der Waals surface area (Å²) >= 11 is 0. The maximum Gasteiger partial charge on any atom is 0.150 e. The first-order valence-electron chi connectivity index (χ1n) is 0.582. The first kappa shape index (κ1) is 4.13. The standard InChI is InChI=1S/CClNS/c2-4-1-3. The molecule has 0 spiro atoms. The van der Waals surface area contributed by atoms with Crippen molar-refractivity contribution in [1.29, 1.82) is 5.26 Å². The molecule has 0 aromatic rings. The van der Waals surface area contributed by atoms with E-state index < -0.39 is 0 Å². The van der Waals surface area contributed by atoms with E-state index >= 15 is 0 Å². The molecule has 22 valence electrons. The molecule has 0 bridgehead atoms. The lowest BCUT2D eigenvalue weighted by molar-refractivity contribution is 1.57. The molecule has 0 saturated carbocycles. The van der Waals surface area contributed by atoms with Gasteiger partial charge in [-0.2, -0.15) is 5.26 Å². The number of rotatable bonds is 0. The Morgan fingerprint density at radius 2 is 2.25 bits per heavy atom. The van der Waals surface area contributed by atoms with Crippen molar-refractivity contribution in [3.05, 3.63) is 0 Å². The summed E-state index contributed by atoms with van der Waals surface area (Å²) in [5.74, 6) is 0. The quantitative estimate of drug-likeness (QED) is 0.422. The van der Waals surface area contributed by atoms with Crippen LogP contribution in [0.3, 0.4) is 0 Å². The van der Waals surface area contributed by atoms with E-state index in [2.05, 4.69) is 0 Å². The first-order chi connectivity index (χ1) is 1.91. The number of nitriles is 1. The maximum absolute atomic E-state index is 7.46. The highest BCUT2D eigenvalue weighted by molar-refractivity contribution is 8.24. The summed E-state index contributed by atoms with van der Waals surface area (Å²) in [5.41, 5.74) is 0. The van der Waals surface area contributed by atoms with E-state index in [1.165, 1.54) is 0 Å². The average molecular weight is 93.5 g/mol. The molecule has 0 amide bonds. The van der Waals surface area contributed by atoms with Gasteiger partial charge in [-0.1, -0.05) is 0 Å². The van der Waals surface area contributed by atoms with Gasteiger partial charge in [0.05, 0.1) is 11.0 Å². The molecule has 0 aliphatic rings. The highest BCUT2D eigenvalue weighted by Crippen LogP contribution is 1.98. The average Bonchev–Trinajstić information content (AvgIpc) is 1.37. The molecular formula is CClNS. The molecule has 0 fully saturated rings. The summed E-state index contributed by atoms with van der Waals surface area (Å²) in [7, 11) is 5.38. The molecule has 1 nitrogen and oxygen atoms in total. The van der Waals surface area contributed by atoms with Crippen molar-refractivity contribution in [2.75, 3.05) is 0 Å². The molecule has 0 atom stereocenters. The molecule has 0 aliphatic heterocycles. The van der Waals surface area contributed by atoms with Crippen LogP contribution < -0.4 is 0 Å². The zero-order chi connectivity index (χ0) is 3.41. The molecule has 0 saturated heterocycles. The van der Waals surface area contributed by atoms with Crippen LogP contribution in [0.25, 0.3) is 0 Å². The van der Waals surface area contributed by atoms with Gasteiger partial charge in [0.25, 0.3) is 0 Å². The van der Waals surface area contributed by atoms with Gasteiger partial charge in [0.2, 0.25) is 0 Å². The van der Waals surface area contributed by atoms with Crippen LogP contribution in [0.15, 0.2) is 0 Å². The van der Waals surface area contributed by atoms with Gasteiger partial charge < -0.3 is 0 Å². The van der Waals surface area contributed by atoms with Gasteiger partial charge in [-0.3, -0.25) is 0 Å². The summed E-state index contributed by atoms with van der Waals surface area (Å²) in [4.78, 5) is 0. The zero-order valence-electron chi connectivity index (χ0n) is 1.73. The SMILES string of the molecule is N#CSCl. The Morgan fingerprint density at radius 1 is 2.00 bits per heavy atom. The smallest absolute Gasteiger partial charge is 0.150 e. The minimum absolute atomic E-state index is 0.634. The Kier molecular flexibility index (Phi) is 3.23. The fraction of sp³-hybridized carbons (Fsp3) is 0. The molecule has 0 aromatic heterocycles. The van der Waals surface area contributed by atoms with Crippen molar-refractivity contribution in [3.63, 3.8) is 0 Å². The summed E-state index contributed by atoms with van der Waals surface area (Å²) in [5, 5.41) is 9.07. The summed E-state index contributed by atoms with van der Waals surface area (Å²) in [6, 6.07) is 0. The van der Waals surface area contributed by atoms with Crippen LogP contribution in [0, 0.1) is 10.7 Å². The molecule has 0 aromatic carbocycles. The third kappa shape index (κ3) is 2.13. The Morgan fingerprint density at radius 3 is 2.25 bits per heavy atom.